The highest BCUT2D eigenvalue weighted by Gasteiger charge is 2.14. The maximum Gasteiger partial charge on any atom is 0.263 e. The van der Waals surface area contributed by atoms with E-state index in [1.54, 1.807) is 0 Å². The second kappa shape index (κ2) is 2.76. The van der Waals surface area contributed by atoms with Crippen molar-refractivity contribution in [2.45, 2.75) is 4.83 Å². The van der Waals surface area contributed by atoms with Crippen molar-refractivity contribution in [1.82, 2.24) is 0 Å². The summed E-state index contributed by atoms with van der Waals surface area (Å²) in [6.07, 6.45) is 2.79. The van der Waals surface area contributed by atoms with Crippen molar-refractivity contribution in [3.05, 3.63) is 11.6 Å². The SMILES string of the molecule is N#CC1=CC(Br)C(=O)N=C1. The molecule has 1 aliphatic rings. The Morgan fingerprint density at radius 2 is 2.50 bits per heavy atom. The van der Waals surface area contributed by atoms with Crippen molar-refractivity contribution in [3.63, 3.8) is 0 Å². The zero-order chi connectivity index (χ0) is 7.56. The van der Waals surface area contributed by atoms with Gasteiger partial charge in [0, 0.05) is 6.21 Å². The minimum atomic E-state index is -0.424. The highest BCUT2D eigenvalue weighted by Crippen LogP contribution is 2.10. The lowest BCUT2D eigenvalue weighted by Gasteiger charge is -2.02. The van der Waals surface area contributed by atoms with E-state index in [1.165, 1.54) is 12.3 Å². The molecule has 0 saturated carbocycles. The summed E-state index contributed by atoms with van der Waals surface area (Å²) < 4.78 is 0. The molecule has 1 amide bonds. The van der Waals surface area contributed by atoms with Crippen LogP contribution < -0.4 is 0 Å². The van der Waals surface area contributed by atoms with Gasteiger partial charge in [0.2, 0.25) is 0 Å². The zero-order valence-electron chi connectivity index (χ0n) is 4.91. The van der Waals surface area contributed by atoms with Gasteiger partial charge < -0.3 is 0 Å². The van der Waals surface area contributed by atoms with Crippen molar-refractivity contribution in [3.8, 4) is 6.07 Å². The Morgan fingerprint density at radius 3 is 3.00 bits per heavy atom. The second-order valence-electron chi connectivity index (χ2n) is 1.73. The van der Waals surface area contributed by atoms with Crippen molar-refractivity contribution < 1.29 is 4.79 Å². The van der Waals surface area contributed by atoms with Gasteiger partial charge in [0.05, 0.1) is 5.57 Å². The largest absolute Gasteiger partial charge is 0.271 e. The number of hydrogen-bond acceptors (Lipinski definition) is 2. The van der Waals surface area contributed by atoms with E-state index in [1.807, 2.05) is 6.07 Å². The first-order valence-corrected chi connectivity index (χ1v) is 3.49. The first kappa shape index (κ1) is 7.16. The molecule has 50 valence electrons. The molecule has 0 aromatic rings. The summed E-state index contributed by atoms with van der Waals surface area (Å²) in [4.78, 5) is 13.7. The van der Waals surface area contributed by atoms with Gasteiger partial charge in [-0.3, -0.25) is 4.79 Å². The highest BCUT2D eigenvalue weighted by atomic mass is 79.9. The van der Waals surface area contributed by atoms with E-state index in [0.717, 1.165) is 0 Å². The van der Waals surface area contributed by atoms with Gasteiger partial charge in [-0.1, -0.05) is 15.9 Å². The molecule has 1 aliphatic heterocycles. The lowest BCUT2D eigenvalue weighted by Crippen LogP contribution is -2.13. The summed E-state index contributed by atoms with van der Waals surface area (Å²) in [5.41, 5.74) is 0.418. The van der Waals surface area contributed by atoms with Crippen LogP contribution in [-0.2, 0) is 4.79 Å². The van der Waals surface area contributed by atoms with E-state index in [0.29, 0.717) is 5.57 Å². The lowest BCUT2D eigenvalue weighted by atomic mass is 10.2. The highest BCUT2D eigenvalue weighted by molar-refractivity contribution is 9.10. The third kappa shape index (κ3) is 1.31. The van der Waals surface area contributed by atoms with Crippen LogP contribution in [0.3, 0.4) is 0 Å². The Labute approximate surface area is 66.2 Å². The molecule has 0 aliphatic carbocycles. The maximum atomic E-state index is 10.7. The summed E-state index contributed by atoms with van der Waals surface area (Å²) in [7, 11) is 0. The molecular weight excluding hydrogens is 196 g/mol. The van der Waals surface area contributed by atoms with Gasteiger partial charge in [0.25, 0.3) is 5.91 Å². The van der Waals surface area contributed by atoms with Gasteiger partial charge >= 0.3 is 0 Å². The smallest absolute Gasteiger partial charge is 0.263 e. The molecular formula is C6H3BrN2O. The molecule has 3 nitrogen and oxygen atoms in total. The average molecular weight is 199 g/mol. The van der Waals surface area contributed by atoms with Crippen molar-refractivity contribution in [1.29, 1.82) is 5.26 Å². The standard InChI is InChI=1S/C6H3BrN2O/c7-5-1-4(2-8)3-9-6(5)10/h1,3,5H. The average Bonchev–Trinajstić information content (AvgIpc) is 1.95. The number of allylic oxidation sites excluding steroid dienone is 1. The third-order valence-corrected chi connectivity index (χ3v) is 1.68. The van der Waals surface area contributed by atoms with Crippen molar-refractivity contribution >= 4 is 28.1 Å². The summed E-state index contributed by atoms with van der Waals surface area (Å²) in [6, 6.07) is 1.88. The normalized spacial score (nSPS) is 23.8. The Morgan fingerprint density at radius 1 is 1.80 bits per heavy atom. The number of alkyl halides is 1. The minimum Gasteiger partial charge on any atom is -0.271 e. The number of rotatable bonds is 0. The van der Waals surface area contributed by atoms with Gasteiger partial charge in [0.15, 0.2) is 0 Å². The number of dihydropyridines is 1. The molecule has 1 atom stereocenters. The van der Waals surface area contributed by atoms with Crippen LogP contribution in [0.2, 0.25) is 0 Å². The number of hydrogen-bond donors (Lipinski definition) is 0. The van der Waals surface area contributed by atoms with Crippen LogP contribution in [0, 0.1) is 11.3 Å². The summed E-state index contributed by atoms with van der Waals surface area (Å²) in [6.45, 7) is 0. The number of halogens is 1. The first-order valence-electron chi connectivity index (χ1n) is 2.58. The van der Waals surface area contributed by atoms with Crippen LogP contribution in [0.4, 0.5) is 0 Å². The van der Waals surface area contributed by atoms with E-state index in [4.69, 9.17) is 5.26 Å². The van der Waals surface area contributed by atoms with Gasteiger partial charge in [-0.2, -0.15) is 5.26 Å². The van der Waals surface area contributed by atoms with Crippen LogP contribution >= 0.6 is 15.9 Å². The minimum absolute atomic E-state index is 0.265. The lowest BCUT2D eigenvalue weighted by molar-refractivity contribution is -0.116. The molecule has 0 aromatic carbocycles. The Balaban J connectivity index is 2.88. The van der Waals surface area contributed by atoms with Gasteiger partial charge in [-0.05, 0) is 6.08 Å². The molecule has 0 saturated heterocycles. The van der Waals surface area contributed by atoms with Gasteiger partial charge in [0.1, 0.15) is 10.9 Å². The molecule has 0 N–H and O–H groups in total. The number of nitrogens with zero attached hydrogens (tertiary/aromatic N) is 2. The van der Waals surface area contributed by atoms with Gasteiger partial charge in [-0.25, -0.2) is 4.99 Å². The number of amides is 1. The fourth-order valence-corrected chi connectivity index (χ4v) is 0.945. The van der Waals surface area contributed by atoms with Crippen molar-refractivity contribution in [2.24, 2.45) is 4.99 Å². The van der Waals surface area contributed by atoms with Crippen LogP contribution in [-0.4, -0.2) is 16.9 Å². The van der Waals surface area contributed by atoms with E-state index >= 15 is 0 Å². The number of nitriles is 1. The van der Waals surface area contributed by atoms with Crippen LogP contribution in [0.5, 0.6) is 0 Å². The summed E-state index contributed by atoms with van der Waals surface area (Å²) >= 11 is 3.04. The number of carbonyl (C=O) groups excluding carboxylic acids is 1. The molecule has 1 unspecified atom stereocenters. The molecule has 0 radical (unpaired) electrons. The van der Waals surface area contributed by atoms with Gasteiger partial charge in [-0.15, -0.1) is 0 Å². The van der Waals surface area contributed by atoms with Crippen LogP contribution in [0.1, 0.15) is 0 Å². The second-order valence-corrected chi connectivity index (χ2v) is 2.72. The fraction of sp³-hybridized carbons (Fsp3) is 0.167. The molecule has 0 spiro atoms. The monoisotopic (exact) mass is 198 g/mol. The molecule has 1 rings (SSSR count). The molecule has 0 bridgehead atoms. The van der Waals surface area contributed by atoms with Crippen LogP contribution in [0.25, 0.3) is 0 Å². The van der Waals surface area contributed by atoms with E-state index in [-0.39, 0.29) is 5.91 Å². The molecule has 4 heteroatoms. The maximum absolute atomic E-state index is 10.7. The van der Waals surface area contributed by atoms with E-state index < -0.39 is 4.83 Å². The zero-order valence-corrected chi connectivity index (χ0v) is 6.50. The van der Waals surface area contributed by atoms with E-state index in [2.05, 4.69) is 20.9 Å². The topological polar surface area (TPSA) is 53.2 Å². The predicted octanol–water partition coefficient (Wildman–Crippen LogP) is 0.811. The molecule has 10 heavy (non-hydrogen) atoms. The fourth-order valence-electron chi connectivity index (χ4n) is 0.542. The Bertz CT molecular complexity index is 261. The quantitative estimate of drug-likeness (QED) is 0.542. The summed E-state index contributed by atoms with van der Waals surface area (Å²) in [5, 5.41) is 8.35. The van der Waals surface area contributed by atoms with Crippen molar-refractivity contribution in [2.75, 3.05) is 0 Å². The Hall–Kier alpha value is -0.950. The number of carbonyl (C=O) groups is 1. The Kier molecular flexibility index (Phi) is 1.97. The van der Waals surface area contributed by atoms with Crippen LogP contribution in [0.15, 0.2) is 16.6 Å². The van der Waals surface area contributed by atoms with E-state index in [9.17, 15) is 4.79 Å². The molecule has 1 heterocycles. The predicted molar refractivity (Wildman–Crippen MR) is 39.9 cm³/mol. The number of aliphatic imine (C=N–C) groups is 1. The third-order valence-electron chi connectivity index (χ3n) is 1.02. The molecule has 0 fully saturated rings. The first-order chi connectivity index (χ1) is 4.74. The summed E-state index contributed by atoms with van der Waals surface area (Å²) in [5.74, 6) is -0.265. The molecule has 0 aromatic heterocycles.